The second-order valence-electron chi connectivity index (χ2n) is 4.57. The third-order valence-electron chi connectivity index (χ3n) is 3.15. The van der Waals surface area contributed by atoms with Gasteiger partial charge in [0, 0.05) is 16.0 Å². The van der Waals surface area contributed by atoms with Crippen molar-refractivity contribution in [1.82, 2.24) is 14.6 Å². The topological polar surface area (TPSA) is 65.7 Å². The Balaban J connectivity index is 2.04. The lowest BCUT2D eigenvalue weighted by Crippen LogP contribution is -2.03. The van der Waals surface area contributed by atoms with Gasteiger partial charge in [0.15, 0.2) is 11.4 Å². The van der Waals surface area contributed by atoms with Crippen LogP contribution in [0.1, 0.15) is 14.5 Å². The zero-order valence-corrected chi connectivity index (χ0v) is 12.9. The lowest BCUT2D eigenvalue weighted by atomic mass is 10.1. The molecule has 0 aromatic carbocycles. The smallest absolute Gasteiger partial charge is 0.387 e. The minimum atomic E-state index is -2.92. The Morgan fingerprint density at radius 3 is 2.83 bits per heavy atom. The summed E-state index contributed by atoms with van der Waals surface area (Å²) in [6, 6.07) is 1.70. The van der Waals surface area contributed by atoms with Crippen LogP contribution in [0.4, 0.5) is 8.78 Å². The highest BCUT2D eigenvalue weighted by molar-refractivity contribution is 7.14. The van der Waals surface area contributed by atoms with Gasteiger partial charge < -0.3 is 9.47 Å². The van der Waals surface area contributed by atoms with Crippen LogP contribution in [0.2, 0.25) is 0 Å². The van der Waals surface area contributed by atoms with Gasteiger partial charge in [0.1, 0.15) is 4.88 Å². The molecule has 23 heavy (non-hydrogen) atoms. The van der Waals surface area contributed by atoms with E-state index in [0.29, 0.717) is 16.1 Å². The molecule has 9 heteroatoms. The molecule has 120 valence electrons. The van der Waals surface area contributed by atoms with Crippen molar-refractivity contribution in [1.29, 1.82) is 0 Å². The fraction of sp³-hybridized carbons (Fsp3) is 0.214. The Hall–Kier alpha value is -2.55. The maximum atomic E-state index is 12.2. The molecule has 0 fully saturated rings. The van der Waals surface area contributed by atoms with E-state index in [2.05, 4.69) is 14.8 Å². The van der Waals surface area contributed by atoms with Crippen molar-refractivity contribution in [3.63, 3.8) is 0 Å². The van der Waals surface area contributed by atoms with E-state index in [9.17, 15) is 13.6 Å². The minimum Gasteiger partial charge on any atom is -0.465 e. The third-order valence-corrected chi connectivity index (χ3v) is 4.18. The molecule has 6 nitrogen and oxygen atoms in total. The highest BCUT2D eigenvalue weighted by Gasteiger charge is 2.18. The van der Waals surface area contributed by atoms with E-state index in [1.54, 1.807) is 12.3 Å². The summed E-state index contributed by atoms with van der Waals surface area (Å²) < 4.78 is 34.8. The van der Waals surface area contributed by atoms with E-state index in [-0.39, 0.29) is 5.75 Å². The Labute approximate surface area is 133 Å². The number of halogens is 2. The number of ether oxygens (including phenoxy) is 2. The van der Waals surface area contributed by atoms with Gasteiger partial charge in [-0.2, -0.15) is 13.9 Å². The number of rotatable bonds is 4. The van der Waals surface area contributed by atoms with Crippen LogP contribution in [0, 0.1) is 6.92 Å². The highest BCUT2D eigenvalue weighted by atomic mass is 32.1. The first-order chi connectivity index (χ1) is 11.0. The molecular weight excluding hydrogens is 328 g/mol. The first-order valence-corrected chi connectivity index (χ1v) is 7.28. The zero-order chi connectivity index (χ0) is 16.6. The number of nitrogens with zero attached hydrogens (tertiary/aromatic N) is 3. The van der Waals surface area contributed by atoms with E-state index in [1.807, 2.05) is 6.92 Å². The summed E-state index contributed by atoms with van der Waals surface area (Å²) in [5.41, 5.74) is 1.96. The number of alkyl halides is 2. The zero-order valence-electron chi connectivity index (χ0n) is 12.1. The van der Waals surface area contributed by atoms with Gasteiger partial charge in [-0.3, -0.25) is 0 Å². The van der Waals surface area contributed by atoms with Gasteiger partial charge in [-0.1, -0.05) is 0 Å². The average Bonchev–Trinajstić information content (AvgIpc) is 3.08. The van der Waals surface area contributed by atoms with Crippen LogP contribution in [0.5, 0.6) is 5.75 Å². The fourth-order valence-corrected chi connectivity index (χ4v) is 3.11. The number of hydrogen-bond acceptors (Lipinski definition) is 6. The summed E-state index contributed by atoms with van der Waals surface area (Å²) >= 11 is 1.30. The summed E-state index contributed by atoms with van der Waals surface area (Å²) in [6.07, 6.45) is 4.08. The molecule has 3 heterocycles. The summed E-state index contributed by atoms with van der Waals surface area (Å²) in [5.74, 6) is -0.499. The van der Waals surface area contributed by atoms with Crippen molar-refractivity contribution < 1.29 is 23.0 Å². The molecule has 0 aliphatic heterocycles. The molecule has 0 aliphatic rings. The van der Waals surface area contributed by atoms with Gasteiger partial charge in [0.25, 0.3) is 0 Å². The van der Waals surface area contributed by atoms with Crippen LogP contribution >= 0.6 is 11.3 Å². The number of thiophene rings is 1. The highest BCUT2D eigenvalue weighted by Crippen LogP contribution is 2.33. The monoisotopic (exact) mass is 339 g/mol. The van der Waals surface area contributed by atoms with Crippen LogP contribution in [0.3, 0.4) is 0 Å². The van der Waals surface area contributed by atoms with Crippen LogP contribution in [0.25, 0.3) is 16.8 Å². The summed E-state index contributed by atoms with van der Waals surface area (Å²) in [5, 5.41) is 4.10. The summed E-state index contributed by atoms with van der Waals surface area (Å²) in [7, 11) is 1.32. The van der Waals surface area contributed by atoms with Gasteiger partial charge in [0.05, 0.1) is 25.7 Å². The van der Waals surface area contributed by atoms with Crippen LogP contribution in [0.15, 0.2) is 24.7 Å². The predicted molar refractivity (Wildman–Crippen MR) is 79.0 cm³/mol. The summed E-state index contributed by atoms with van der Waals surface area (Å²) in [6.45, 7) is -1.06. The molecule has 0 aliphatic carbocycles. The van der Waals surface area contributed by atoms with Crippen molar-refractivity contribution in [2.75, 3.05) is 7.11 Å². The predicted octanol–water partition coefficient (Wildman–Crippen LogP) is 3.15. The van der Waals surface area contributed by atoms with Crippen LogP contribution in [-0.4, -0.2) is 34.3 Å². The minimum absolute atomic E-state index is 0.0839. The molecule has 3 aromatic rings. The quantitative estimate of drug-likeness (QED) is 0.683. The molecule has 0 atom stereocenters. The lowest BCUT2D eigenvalue weighted by molar-refractivity contribution is -0.0503. The molecule has 0 amide bonds. The summed E-state index contributed by atoms with van der Waals surface area (Å²) in [4.78, 5) is 17.1. The van der Waals surface area contributed by atoms with Gasteiger partial charge in [-0.25, -0.2) is 14.3 Å². The fourth-order valence-electron chi connectivity index (χ4n) is 2.16. The number of hydrogen-bond donors (Lipinski definition) is 0. The Morgan fingerprint density at radius 1 is 1.35 bits per heavy atom. The average molecular weight is 339 g/mol. The number of methoxy groups -OCH3 is 1. The van der Waals surface area contributed by atoms with Crippen LogP contribution < -0.4 is 4.74 Å². The number of fused-ring (bicyclic) bond motifs is 1. The first kappa shape index (κ1) is 15.3. The number of aromatic nitrogens is 3. The molecule has 0 radical (unpaired) electrons. The van der Waals surface area contributed by atoms with E-state index < -0.39 is 12.6 Å². The standard InChI is InChI=1S/C14H11F2N3O3S/c1-7-9(3-11(23-7)13(20)21-2)10-5-18-19-6-8(22-14(15)16)4-17-12(10)19/h3-6,14H,1-2H3. The van der Waals surface area contributed by atoms with Gasteiger partial charge in [-0.15, -0.1) is 11.3 Å². The Morgan fingerprint density at radius 2 is 2.13 bits per heavy atom. The first-order valence-electron chi connectivity index (χ1n) is 6.47. The number of carbonyl (C=O) groups is 1. The van der Waals surface area contributed by atoms with E-state index >= 15 is 0 Å². The van der Waals surface area contributed by atoms with Gasteiger partial charge in [-0.05, 0) is 13.0 Å². The molecule has 0 spiro atoms. The number of aryl methyl sites for hydroxylation is 1. The van der Waals surface area contributed by atoms with Crippen molar-refractivity contribution in [3.05, 3.63) is 34.4 Å². The van der Waals surface area contributed by atoms with Crippen molar-refractivity contribution in [2.45, 2.75) is 13.5 Å². The lowest BCUT2D eigenvalue weighted by Gasteiger charge is -2.04. The molecule has 0 unspecified atom stereocenters. The normalized spacial score (nSPS) is 11.2. The van der Waals surface area contributed by atoms with E-state index in [4.69, 9.17) is 4.74 Å². The Bertz CT molecular complexity index is 875. The van der Waals surface area contributed by atoms with Crippen molar-refractivity contribution >= 4 is 23.0 Å². The van der Waals surface area contributed by atoms with Gasteiger partial charge in [0.2, 0.25) is 0 Å². The molecule has 0 saturated heterocycles. The Kier molecular flexibility index (Phi) is 3.95. The molecule has 3 rings (SSSR count). The maximum absolute atomic E-state index is 12.2. The van der Waals surface area contributed by atoms with Crippen LogP contribution in [-0.2, 0) is 4.74 Å². The van der Waals surface area contributed by atoms with E-state index in [1.165, 1.54) is 35.4 Å². The second-order valence-corrected chi connectivity index (χ2v) is 5.82. The SMILES string of the molecule is COC(=O)c1cc(-c2cnn3cc(OC(F)F)cnc23)c(C)s1. The van der Waals surface area contributed by atoms with Gasteiger partial charge >= 0.3 is 12.6 Å². The largest absolute Gasteiger partial charge is 0.465 e. The molecule has 0 bridgehead atoms. The molecule has 0 N–H and O–H groups in total. The second kappa shape index (κ2) is 5.92. The van der Waals surface area contributed by atoms with Crippen molar-refractivity contribution in [2.24, 2.45) is 0 Å². The number of esters is 1. The number of carbonyl (C=O) groups excluding carboxylic acids is 1. The molecule has 3 aromatic heterocycles. The molecule has 0 saturated carbocycles. The molecular formula is C14H11F2N3O3S. The third kappa shape index (κ3) is 2.87. The maximum Gasteiger partial charge on any atom is 0.387 e. The van der Waals surface area contributed by atoms with Crippen molar-refractivity contribution in [3.8, 4) is 16.9 Å². The van der Waals surface area contributed by atoms with E-state index in [0.717, 1.165) is 10.4 Å².